The van der Waals surface area contributed by atoms with E-state index in [1.165, 1.54) is 6.20 Å². The molecule has 0 radical (unpaired) electrons. The number of rotatable bonds is 4. The standard InChI is InChI=1S/C16H17N3O4/c1-9(2)14-11(15(20)21)8-17-16(19-14)18-10-3-4-12-13(7-10)23-6-5-22-12/h3-4,7-9H,5-6H2,1-2H3,(H,20,21)(H,17,18,19). The van der Waals surface area contributed by atoms with Crippen LogP contribution in [0.15, 0.2) is 24.4 Å². The quantitative estimate of drug-likeness (QED) is 0.896. The lowest BCUT2D eigenvalue weighted by Gasteiger charge is -2.19. The molecule has 1 aliphatic heterocycles. The highest BCUT2D eigenvalue weighted by Crippen LogP contribution is 2.33. The number of carboxylic acid groups (broad SMARTS) is 1. The minimum absolute atomic E-state index is 0.0232. The van der Waals surface area contributed by atoms with Crippen molar-refractivity contribution in [2.24, 2.45) is 0 Å². The number of anilines is 2. The third kappa shape index (κ3) is 3.18. The van der Waals surface area contributed by atoms with E-state index in [1.807, 2.05) is 26.0 Å². The summed E-state index contributed by atoms with van der Waals surface area (Å²) in [5.74, 6) is 0.652. The van der Waals surface area contributed by atoms with E-state index in [0.29, 0.717) is 36.4 Å². The van der Waals surface area contributed by atoms with Crippen molar-refractivity contribution in [2.45, 2.75) is 19.8 Å². The van der Waals surface area contributed by atoms with Gasteiger partial charge in [-0.2, -0.15) is 0 Å². The van der Waals surface area contributed by atoms with Gasteiger partial charge in [0.25, 0.3) is 0 Å². The van der Waals surface area contributed by atoms with Gasteiger partial charge in [-0.05, 0) is 18.1 Å². The fraction of sp³-hybridized carbons (Fsp3) is 0.312. The number of ether oxygens (including phenoxy) is 2. The largest absolute Gasteiger partial charge is 0.486 e. The lowest BCUT2D eigenvalue weighted by molar-refractivity contribution is 0.0694. The molecule has 2 heterocycles. The van der Waals surface area contributed by atoms with Crippen LogP contribution in [0.4, 0.5) is 11.6 Å². The maximum absolute atomic E-state index is 11.2. The molecule has 2 aromatic rings. The van der Waals surface area contributed by atoms with Gasteiger partial charge in [-0.3, -0.25) is 0 Å². The number of aromatic carboxylic acids is 1. The van der Waals surface area contributed by atoms with Crippen molar-refractivity contribution in [1.82, 2.24) is 9.97 Å². The lowest BCUT2D eigenvalue weighted by Crippen LogP contribution is -2.15. The zero-order valence-electron chi connectivity index (χ0n) is 12.9. The lowest BCUT2D eigenvalue weighted by atomic mass is 10.1. The number of aromatic nitrogens is 2. The molecule has 1 aromatic carbocycles. The summed E-state index contributed by atoms with van der Waals surface area (Å²) in [7, 11) is 0. The molecule has 0 bridgehead atoms. The minimum Gasteiger partial charge on any atom is -0.486 e. The summed E-state index contributed by atoms with van der Waals surface area (Å²) in [5, 5.41) is 12.3. The smallest absolute Gasteiger partial charge is 0.339 e. The van der Waals surface area contributed by atoms with E-state index in [4.69, 9.17) is 9.47 Å². The van der Waals surface area contributed by atoms with Crippen LogP contribution in [-0.4, -0.2) is 34.3 Å². The van der Waals surface area contributed by atoms with Crippen molar-refractivity contribution in [2.75, 3.05) is 18.5 Å². The number of benzene rings is 1. The second kappa shape index (κ2) is 6.12. The van der Waals surface area contributed by atoms with Crippen LogP contribution in [0.2, 0.25) is 0 Å². The monoisotopic (exact) mass is 315 g/mol. The second-order valence-corrected chi connectivity index (χ2v) is 5.44. The Morgan fingerprint density at radius 2 is 2.00 bits per heavy atom. The first-order valence-electron chi connectivity index (χ1n) is 7.31. The summed E-state index contributed by atoms with van der Waals surface area (Å²) in [6.07, 6.45) is 1.32. The van der Waals surface area contributed by atoms with Crippen molar-refractivity contribution in [3.63, 3.8) is 0 Å². The molecule has 3 rings (SSSR count). The number of fused-ring (bicyclic) bond motifs is 1. The van der Waals surface area contributed by atoms with Gasteiger partial charge < -0.3 is 19.9 Å². The molecule has 2 N–H and O–H groups in total. The van der Waals surface area contributed by atoms with Crippen LogP contribution in [0.3, 0.4) is 0 Å². The number of carbonyl (C=O) groups is 1. The molecule has 0 fully saturated rings. The molecule has 120 valence electrons. The predicted octanol–water partition coefficient (Wildman–Crippen LogP) is 2.81. The molecule has 1 aliphatic rings. The number of nitrogens with zero attached hydrogens (tertiary/aromatic N) is 2. The Kier molecular flexibility index (Phi) is 4.01. The Labute approximate surface area is 133 Å². The van der Waals surface area contributed by atoms with Crippen LogP contribution in [0.5, 0.6) is 11.5 Å². The molecule has 0 amide bonds. The van der Waals surface area contributed by atoms with Gasteiger partial charge in [0, 0.05) is 18.0 Å². The average Bonchev–Trinajstić information content (AvgIpc) is 2.54. The Hall–Kier alpha value is -2.83. The summed E-state index contributed by atoms with van der Waals surface area (Å²) < 4.78 is 11.0. The molecule has 7 heteroatoms. The molecule has 1 aromatic heterocycles. The van der Waals surface area contributed by atoms with Gasteiger partial charge in [-0.1, -0.05) is 13.8 Å². The van der Waals surface area contributed by atoms with Gasteiger partial charge in [0.1, 0.15) is 13.2 Å². The summed E-state index contributed by atoms with van der Waals surface area (Å²) in [6, 6.07) is 5.45. The summed E-state index contributed by atoms with van der Waals surface area (Å²) in [5.41, 5.74) is 1.35. The minimum atomic E-state index is -1.03. The third-order valence-corrected chi connectivity index (χ3v) is 3.39. The first-order valence-corrected chi connectivity index (χ1v) is 7.31. The summed E-state index contributed by atoms with van der Waals surface area (Å²) in [6.45, 7) is 4.83. The summed E-state index contributed by atoms with van der Waals surface area (Å²) >= 11 is 0. The Morgan fingerprint density at radius 1 is 1.26 bits per heavy atom. The van der Waals surface area contributed by atoms with Crippen molar-refractivity contribution >= 4 is 17.6 Å². The van der Waals surface area contributed by atoms with E-state index in [9.17, 15) is 9.90 Å². The molecule has 7 nitrogen and oxygen atoms in total. The second-order valence-electron chi connectivity index (χ2n) is 5.44. The molecule has 0 spiro atoms. The third-order valence-electron chi connectivity index (χ3n) is 3.39. The maximum atomic E-state index is 11.2. The van der Waals surface area contributed by atoms with Crippen LogP contribution >= 0.6 is 0 Å². The van der Waals surface area contributed by atoms with E-state index >= 15 is 0 Å². The first-order chi connectivity index (χ1) is 11.0. The van der Waals surface area contributed by atoms with Gasteiger partial charge in [0.2, 0.25) is 5.95 Å². The molecule has 0 saturated carbocycles. The molecule has 0 saturated heterocycles. The van der Waals surface area contributed by atoms with Crippen LogP contribution < -0.4 is 14.8 Å². The average molecular weight is 315 g/mol. The number of carboxylic acids is 1. The SMILES string of the molecule is CC(C)c1nc(Nc2ccc3c(c2)OCCO3)ncc1C(=O)O. The van der Waals surface area contributed by atoms with Crippen LogP contribution in [0.25, 0.3) is 0 Å². The number of nitrogens with one attached hydrogen (secondary N) is 1. The Bertz CT molecular complexity index is 746. The normalized spacial score (nSPS) is 13.0. The van der Waals surface area contributed by atoms with Gasteiger partial charge in [0.15, 0.2) is 11.5 Å². The molecule has 0 atom stereocenters. The first kappa shape index (κ1) is 15.1. The maximum Gasteiger partial charge on any atom is 0.339 e. The van der Waals surface area contributed by atoms with Gasteiger partial charge >= 0.3 is 5.97 Å². The molecular weight excluding hydrogens is 298 g/mol. The number of hydrogen-bond acceptors (Lipinski definition) is 6. The van der Waals surface area contributed by atoms with Crippen LogP contribution in [0.1, 0.15) is 35.8 Å². The van der Waals surface area contributed by atoms with Gasteiger partial charge in [0.05, 0.1) is 11.3 Å². The van der Waals surface area contributed by atoms with Crippen LogP contribution in [-0.2, 0) is 0 Å². The van der Waals surface area contributed by atoms with Crippen LogP contribution in [0, 0.1) is 0 Å². The number of hydrogen-bond donors (Lipinski definition) is 2. The molecule has 0 aliphatic carbocycles. The van der Waals surface area contributed by atoms with E-state index in [1.54, 1.807) is 6.07 Å². The fourth-order valence-electron chi connectivity index (χ4n) is 2.31. The predicted molar refractivity (Wildman–Crippen MR) is 83.8 cm³/mol. The van der Waals surface area contributed by atoms with Crippen molar-refractivity contribution in [3.8, 4) is 11.5 Å². The van der Waals surface area contributed by atoms with Gasteiger partial charge in [-0.25, -0.2) is 14.8 Å². The molecule has 23 heavy (non-hydrogen) atoms. The highest BCUT2D eigenvalue weighted by atomic mass is 16.6. The molecular formula is C16H17N3O4. The highest BCUT2D eigenvalue weighted by Gasteiger charge is 2.17. The highest BCUT2D eigenvalue weighted by molar-refractivity contribution is 5.88. The van der Waals surface area contributed by atoms with Crippen molar-refractivity contribution < 1.29 is 19.4 Å². The summed E-state index contributed by atoms with van der Waals surface area (Å²) in [4.78, 5) is 19.6. The zero-order valence-corrected chi connectivity index (χ0v) is 12.9. The van der Waals surface area contributed by atoms with E-state index in [-0.39, 0.29) is 11.5 Å². The fourth-order valence-corrected chi connectivity index (χ4v) is 2.31. The topological polar surface area (TPSA) is 93.6 Å². The zero-order chi connectivity index (χ0) is 16.4. The van der Waals surface area contributed by atoms with Gasteiger partial charge in [-0.15, -0.1) is 0 Å². The van der Waals surface area contributed by atoms with E-state index in [0.717, 1.165) is 5.69 Å². The van der Waals surface area contributed by atoms with Crippen molar-refractivity contribution in [3.05, 3.63) is 35.7 Å². The van der Waals surface area contributed by atoms with E-state index < -0.39 is 5.97 Å². The Morgan fingerprint density at radius 3 is 2.70 bits per heavy atom. The molecule has 0 unspecified atom stereocenters. The van der Waals surface area contributed by atoms with Crippen molar-refractivity contribution in [1.29, 1.82) is 0 Å². The van der Waals surface area contributed by atoms with E-state index in [2.05, 4.69) is 15.3 Å². The Balaban J connectivity index is 1.88.